The zero-order valence-electron chi connectivity index (χ0n) is 9.01. The molecule has 0 aliphatic rings. The van der Waals surface area contributed by atoms with Gasteiger partial charge in [-0.05, 0) is 30.7 Å². The quantitative estimate of drug-likeness (QED) is 0.654. The van der Waals surface area contributed by atoms with E-state index in [4.69, 9.17) is 6.42 Å². The van der Waals surface area contributed by atoms with Crippen LogP contribution in [0.25, 0.3) is 0 Å². The highest BCUT2D eigenvalue weighted by atomic mass is 79.9. The maximum atomic E-state index is 11.5. The van der Waals surface area contributed by atoms with Gasteiger partial charge in [-0.25, -0.2) is 0 Å². The summed E-state index contributed by atoms with van der Waals surface area (Å²) in [6.45, 7) is 2.58. The van der Waals surface area contributed by atoms with E-state index in [0.717, 1.165) is 15.7 Å². The molecule has 0 atom stereocenters. The number of nitrogens with one attached hydrogen (secondary N) is 2. The molecule has 0 saturated carbocycles. The second-order valence-corrected chi connectivity index (χ2v) is 4.29. The Morgan fingerprint density at radius 1 is 1.50 bits per heavy atom. The lowest BCUT2D eigenvalue weighted by molar-refractivity contribution is -0.115. The lowest BCUT2D eigenvalue weighted by Gasteiger charge is -2.06. The number of terminal acetylenes is 1. The SMILES string of the molecule is C#CCNCC(=O)Nc1cc(C)cc(Br)c1. The minimum atomic E-state index is -0.104. The Kier molecular flexibility index (Phi) is 5.03. The van der Waals surface area contributed by atoms with E-state index in [1.54, 1.807) is 0 Å². The Labute approximate surface area is 104 Å². The Morgan fingerprint density at radius 3 is 2.88 bits per heavy atom. The summed E-state index contributed by atoms with van der Waals surface area (Å²) in [5.74, 6) is 2.30. The third-order valence-corrected chi connectivity index (χ3v) is 2.30. The number of carbonyl (C=O) groups excluding carboxylic acids is 1. The zero-order valence-corrected chi connectivity index (χ0v) is 10.6. The molecule has 1 rings (SSSR count). The topological polar surface area (TPSA) is 41.1 Å². The van der Waals surface area contributed by atoms with Gasteiger partial charge in [0, 0.05) is 10.2 Å². The number of hydrogen-bond acceptors (Lipinski definition) is 2. The van der Waals surface area contributed by atoms with Gasteiger partial charge in [-0.15, -0.1) is 6.42 Å². The second-order valence-electron chi connectivity index (χ2n) is 3.37. The van der Waals surface area contributed by atoms with Gasteiger partial charge in [0.1, 0.15) is 0 Å². The van der Waals surface area contributed by atoms with Gasteiger partial charge in [0.05, 0.1) is 13.1 Å². The summed E-state index contributed by atoms with van der Waals surface area (Å²) in [6.07, 6.45) is 5.06. The first-order valence-corrected chi connectivity index (χ1v) is 5.62. The molecule has 16 heavy (non-hydrogen) atoms. The third-order valence-electron chi connectivity index (χ3n) is 1.84. The van der Waals surface area contributed by atoms with Crippen LogP contribution in [0.15, 0.2) is 22.7 Å². The lowest BCUT2D eigenvalue weighted by Crippen LogP contribution is -2.28. The monoisotopic (exact) mass is 280 g/mol. The maximum absolute atomic E-state index is 11.5. The molecule has 3 nitrogen and oxygen atoms in total. The summed E-state index contributed by atoms with van der Waals surface area (Å²) in [5.41, 5.74) is 1.86. The molecule has 0 fully saturated rings. The molecule has 84 valence electrons. The zero-order chi connectivity index (χ0) is 12.0. The van der Waals surface area contributed by atoms with E-state index in [-0.39, 0.29) is 12.5 Å². The minimum absolute atomic E-state index is 0.104. The van der Waals surface area contributed by atoms with Crippen molar-refractivity contribution in [3.8, 4) is 12.3 Å². The van der Waals surface area contributed by atoms with Crippen LogP contribution in [-0.2, 0) is 4.79 Å². The van der Waals surface area contributed by atoms with Gasteiger partial charge in [-0.2, -0.15) is 0 Å². The molecule has 0 aliphatic heterocycles. The lowest BCUT2D eigenvalue weighted by atomic mass is 10.2. The molecular formula is C12H13BrN2O. The number of halogens is 1. The average Bonchev–Trinajstić information content (AvgIpc) is 2.16. The third kappa shape index (κ3) is 4.47. The number of carbonyl (C=O) groups is 1. The first-order valence-electron chi connectivity index (χ1n) is 4.83. The van der Waals surface area contributed by atoms with E-state index >= 15 is 0 Å². The van der Waals surface area contributed by atoms with Gasteiger partial charge in [-0.3, -0.25) is 10.1 Å². The van der Waals surface area contributed by atoms with Crippen molar-refractivity contribution in [2.75, 3.05) is 18.4 Å². The van der Waals surface area contributed by atoms with E-state index in [1.807, 2.05) is 25.1 Å². The van der Waals surface area contributed by atoms with Crippen molar-refractivity contribution < 1.29 is 4.79 Å². The van der Waals surface area contributed by atoms with Crippen LogP contribution in [0.3, 0.4) is 0 Å². The molecule has 0 aliphatic carbocycles. The number of rotatable bonds is 4. The molecule has 1 amide bonds. The van der Waals surface area contributed by atoms with Crippen molar-refractivity contribution in [1.82, 2.24) is 5.32 Å². The van der Waals surface area contributed by atoms with Gasteiger partial charge >= 0.3 is 0 Å². The average molecular weight is 281 g/mol. The molecular weight excluding hydrogens is 268 g/mol. The fourth-order valence-corrected chi connectivity index (χ4v) is 1.87. The summed E-state index contributed by atoms with van der Waals surface area (Å²) in [6, 6.07) is 5.74. The molecule has 1 aromatic carbocycles. The molecule has 0 unspecified atom stereocenters. The van der Waals surface area contributed by atoms with E-state index in [1.165, 1.54) is 0 Å². The molecule has 0 heterocycles. The fourth-order valence-electron chi connectivity index (χ4n) is 1.26. The van der Waals surface area contributed by atoms with Gasteiger partial charge in [0.25, 0.3) is 0 Å². The van der Waals surface area contributed by atoms with Gasteiger partial charge in [-0.1, -0.05) is 21.9 Å². The maximum Gasteiger partial charge on any atom is 0.238 e. The number of anilines is 1. The number of hydrogen-bond donors (Lipinski definition) is 2. The Balaban J connectivity index is 2.53. The van der Waals surface area contributed by atoms with Crippen LogP contribution in [0.1, 0.15) is 5.56 Å². The molecule has 2 N–H and O–H groups in total. The Morgan fingerprint density at radius 2 is 2.25 bits per heavy atom. The van der Waals surface area contributed by atoms with E-state index in [0.29, 0.717) is 6.54 Å². The largest absolute Gasteiger partial charge is 0.325 e. The molecule has 0 spiro atoms. The van der Waals surface area contributed by atoms with Crippen molar-refractivity contribution in [3.05, 3.63) is 28.2 Å². The molecule has 0 saturated heterocycles. The molecule has 0 radical (unpaired) electrons. The minimum Gasteiger partial charge on any atom is -0.325 e. The Hall–Kier alpha value is -1.31. The summed E-state index contributed by atoms with van der Waals surface area (Å²) in [7, 11) is 0. The normalized spacial score (nSPS) is 9.56. The molecule has 1 aromatic rings. The van der Waals surface area contributed by atoms with Crippen molar-refractivity contribution in [3.63, 3.8) is 0 Å². The summed E-state index contributed by atoms with van der Waals surface area (Å²) < 4.78 is 0.944. The van der Waals surface area contributed by atoms with Crippen molar-refractivity contribution in [2.24, 2.45) is 0 Å². The van der Waals surface area contributed by atoms with Crippen LogP contribution < -0.4 is 10.6 Å². The fraction of sp³-hybridized carbons (Fsp3) is 0.250. The highest BCUT2D eigenvalue weighted by molar-refractivity contribution is 9.10. The predicted molar refractivity (Wildman–Crippen MR) is 69.2 cm³/mol. The van der Waals surface area contributed by atoms with Crippen molar-refractivity contribution in [2.45, 2.75) is 6.92 Å². The van der Waals surface area contributed by atoms with Crippen LogP contribution in [0.5, 0.6) is 0 Å². The number of benzene rings is 1. The van der Waals surface area contributed by atoms with E-state index in [2.05, 4.69) is 32.5 Å². The van der Waals surface area contributed by atoms with Crippen LogP contribution in [0.4, 0.5) is 5.69 Å². The van der Waals surface area contributed by atoms with Crippen LogP contribution in [0, 0.1) is 19.3 Å². The van der Waals surface area contributed by atoms with Gasteiger partial charge < -0.3 is 5.32 Å². The summed E-state index contributed by atoms with van der Waals surface area (Å²) >= 11 is 3.37. The molecule has 0 aromatic heterocycles. The van der Waals surface area contributed by atoms with Gasteiger partial charge in [0.2, 0.25) is 5.91 Å². The standard InChI is InChI=1S/C12H13BrN2O/c1-3-4-14-8-12(16)15-11-6-9(2)5-10(13)7-11/h1,5-7,14H,4,8H2,2H3,(H,15,16). The smallest absolute Gasteiger partial charge is 0.238 e. The van der Waals surface area contributed by atoms with Crippen molar-refractivity contribution in [1.29, 1.82) is 0 Å². The summed E-state index contributed by atoms with van der Waals surface area (Å²) in [4.78, 5) is 11.5. The van der Waals surface area contributed by atoms with Crippen molar-refractivity contribution >= 4 is 27.5 Å². The molecule has 0 bridgehead atoms. The Bertz CT molecular complexity index is 403. The van der Waals surface area contributed by atoms with Crippen LogP contribution in [-0.4, -0.2) is 19.0 Å². The van der Waals surface area contributed by atoms with Crippen LogP contribution >= 0.6 is 15.9 Å². The summed E-state index contributed by atoms with van der Waals surface area (Å²) in [5, 5.41) is 5.61. The first kappa shape index (κ1) is 12.8. The first-order chi connectivity index (χ1) is 7.61. The number of amides is 1. The van der Waals surface area contributed by atoms with Gasteiger partial charge in [0.15, 0.2) is 0 Å². The number of aryl methyl sites for hydroxylation is 1. The highest BCUT2D eigenvalue weighted by Crippen LogP contribution is 2.18. The van der Waals surface area contributed by atoms with E-state index < -0.39 is 0 Å². The second kappa shape index (κ2) is 6.31. The van der Waals surface area contributed by atoms with Crippen LogP contribution in [0.2, 0.25) is 0 Å². The van der Waals surface area contributed by atoms with E-state index in [9.17, 15) is 4.79 Å². The molecule has 4 heteroatoms. The highest BCUT2D eigenvalue weighted by Gasteiger charge is 2.02. The predicted octanol–water partition coefficient (Wildman–Crippen LogP) is 1.92.